The SMILES string of the molecule is CCc1ccc(-c2ccc(C(=O)N(CCO)C3CC3)o2)cc1. The molecule has 116 valence electrons. The molecule has 1 saturated carbocycles. The van der Waals surface area contributed by atoms with E-state index >= 15 is 0 Å². The largest absolute Gasteiger partial charge is 0.451 e. The minimum atomic E-state index is -0.132. The van der Waals surface area contributed by atoms with Crippen LogP contribution < -0.4 is 0 Å². The van der Waals surface area contributed by atoms with Crippen molar-refractivity contribution in [2.45, 2.75) is 32.2 Å². The third kappa shape index (κ3) is 3.07. The number of rotatable bonds is 6. The van der Waals surface area contributed by atoms with Crippen molar-refractivity contribution < 1.29 is 14.3 Å². The van der Waals surface area contributed by atoms with Gasteiger partial charge in [0, 0.05) is 18.2 Å². The molecule has 0 unspecified atom stereocenters. The summed E-state index contributed by atoms with van der Waals surface area (Å²) in [4.78, 5) is 14.2. The Hall–Kier alpha value is -2.07. The highest BCUT2D eigenvalue weighted by molar-refractivity contribution is 5.92. The molecule has 1 N–H and O–H groups in total. The van der Waals surface area contributed by atoms with Gasteiger partial charge in [-0.15, -0.1) is 0 Å². The van der Waals surface area contributed by atoms with Crippen LogP contribution in [0.4, 0.5) is 0 Å². The van der Waals surface area contributed by atoms with E-state index in [-0.39, 0.29) is 18.6 Å². The van der Waals surface area contributed by atoms with E-state index in [4.69, 9.17) is 9.52 Å². The van der Waals surface area contributed by atoms with Gasteiger partial charge in [-0.1, -0.05) is 31.2 Å². The summed E-state index contributed by atoms with van der Waals surface area (Å²) in [6, 6.07) is 12.0. The minimum Gasteiger partial charge on any atom is -0.451 e. The Morgan fingerprint density at radius 2 is 1.95 bits per heavy atom. The molecule has 0 radical (unpaired) electrons. The van der Waals surface area contributed by atoms with Gasteiger partial charge in [-0.05, 0) is 37.0 Å². The standard InChI is InChI=1S/C18H21NO3/c1-2-13-3-5-14(6-4-13)16-9-10-17(22-16)18(21)19(11-12-20)15-7-8-15/h3-6,9-10,15,20H,2,7-8,11-12H2,1H3. The number of hydrogen-bond donors (Lipinski definition) is 1. The van der Waals surface area contributed by atoms with E-state index in [2.05, 4.69) is 19.1 Å². The third-order valence-corrected chi connectivity index (χ3v) is 4.05. The highest BCUT2D eigenvalue weighted by Crippen LogP contribution is 2.29. The van der Waals surface area contributed by atoms with E-state index in [1.54, 1.807) is 11.0 Å². The summed E-state index contributed by atoms with van der Waals surface area (Å²) in [5, 5.41) is 9.12. The van der Waals surface area contributed by atoms with Crippen LogP contribution in [0.5, 0.6) is 0 Å². The summed E-state index contributed by atoms with van der Waals surface area (Å²) in [5.41, 5.74) is 2.24. The van der Waals surface area contributed by atoms with Crippen molar-refractivity contribution in [3.05, 3.63) is 47.7 Å². The van der Waals surface area contributed by atoms with Crippen molar-refractivity contribution in [2.24, 2.45) is 0 Å². The number of benzene rings is 1. The highest BCUT2D eigenvalue weighted by Gasteiger charge is 2.33. The molecule has 4 nitrogen and oxygen atoms in total. The van der Waals surface area contributed by atoms with Gasteiger partial charge < -0.3 is 14.4 Å². The number of furan rings is 1. The lowest BCUT2D eigenvalue weighted by Gasteiger charge is -2.19. The normalized spacial score (nSPS) is 14.1. The van der Waals surface area contributed by atoms with Gasteiger partial charge in [-0.25, -0.2) is 0 Å². The number of aryl methyl sites for hydroxylation is 1. The molecule has 0 aliphatic heterocycles. The van der Waals surface area contributed by atoms with Crippen molar-refractivity contribution >= 4 is 5.91 Å². The van der Waals surface area contributed by atoms with Crippen LogP contribution in [0.1, 0.15) is 35.9 Å². The van der Waals surface area contributed by atoms with E-state index in [0.29, 0.717) is 18.1 Å². The molecule has 0 spiro atoms. The maximum atomic E-state index is 12.5. The fraction of sp³-hybridized carbons (Fsp3) is 0.389. The summed E-state index contributed by atoms with van der Waals surface area (Å²) in [6.07, 6.45) is 3.02. The van der Waals surface area contributed by atoms with E-state index in [1.165, 1.54) is 5.56 Å². The summed E-state index contributed by atoms with van der Waals surface area (Å²) in [6.45, 7) is 2.46. The second-order valence-corrected chi connectivity index (χ2v) is 5.67. The maximum absolute atomic E-state index is 12.5. The fourth-order valence-corrected chi connectivity index (χ4v) is 2.60. The van der Waals surface area contributed by atoms with Gasteiger partial charge in [0.05, 0.1) is 6.61 Å². The first-order chi connectivity index (χ1) is 10.7. The predicted molar refractivity (Wildman–Crippen MR) is 84.7 cm³/mol. The number of carbonyl (C=O) groups excluding carboxylic acids is 1. The van der Waals surface area contributed by atoms with Gasteiger partial charge in [-0.3, -0.25) is 4.79 Å². The Morgan fingerprint density at radius 1 is 1.23 bits per heavy atom. The van der Waals surface area contributed by atoms with Crippen LogP contribution in [0.15, 0.2) is 40.8 Å². The van der Waals surface area contributed by atoms with Crippen LogP contribution in [0.2, 0.25) is 0 Å². The molecule has 1 aromatic heterocycles. The highest BCUT2D eigenvalue weighted by atomic mass is 16.4. The van der Waals surface area contributed by atoms with E-state index in [1.807, 2.05) is 18.2 Å². The number of carbonyl (C=O) groups is 1. The van der Waals surface area contributed by atoms with Crippen molar-refractivity contribution in [3.8, 4) is 11.3 Å². The Labute approximate surface area is 130 Å². The molecule has 1 fully saturated rings. The molecule has 4 heteroatoms. The molecule has 1 amide bonds. The van der Waals surface area contributed by atoms with Gasteiger partial charge >= 0.3 is 0 Å². The molecular weight excluding hydrogens is 278 g/mol. The molecule has 1 aromatic carbocycles. The third-order valence-electron chi connectivity index (χ3n) is 4.05. The predicted octanol–water partition coefficient (Wildman–Crippen LogP) is 3.11. The molecule has 3 rings (SSSR count). The van der Waals surface area contributed by atoms with Gasteiger partial charge in [0.25, 0.3) is 5.91 Å². The van der Waals surface area contributed by atoms with Crippen LogP contribution in [0.25, 0.3) is 11.3 Å². The summed E-state index contributed by atoms with van der Waals surface area (Å²) in [7, 11) is 0. The Morgan fingerprint density at radius 3 is 2.55 bits per heavy atom. The Kier molecular flexibility index (Phi) is 4.29. The monoisotopic (exact) mass is 299 g/mol. The molecule has 0 atom stereocenters. The van der Waals surface area contributed by atoms with Crippen molar-refractivity contribution in [1.82, 2.24) is 4.90 Å². The van der Waals surface area contributed by atoms with E-state index in [0.717, 1.165) is 24.8 Å². The van der Waals surface area contributed by atoms with Gasteiger partial charge in [-0.2, -0.15) is 0 Å². The lowest BCUT2D eigenvalue weighted by atomic mass is 10.1. The van der Waals surface area contributed by atoms with Crippen LogP contribution in [-0.2, 0) is 6.42 Å². The number of aliphatic hydroxyl groups is 1. The van der Waals surface area contributed by atoms with E-state index < -0.39 is 0 Å². The molecule has 1 heterocycles. The van der Waals surface area contributed by atoms with Crippen LogP contribution in [0.3, 0.4) is 0 Å². The molecule has 2 aromatic rings. The molecule has 0 bridgehead atoms. The average Bonchev–Trinajstić information content (AvgIpc) is 3.28. The average molecular weight is 299 g/mol. The van der Waals surface area contributed by atoms with Gasteiger partial charge in [0.2, 0.25) is 0 Å². The smallest absolute Gasteiger partial charge is 0.289 e. The maximum Gasteiger partial charge on any atom is 0.289 e. The van der Waals surface area contributed by atoms with Crippen LogP contribution in [-0.4, -0.2) is 35.1 Å². The summed E-state index contributed by atoms with van der Waals surface area (Å²) in [5.74, 6) is 0.911. The lowest BCUT2D eigenvalue weighted by molar-refractivity contribution is 0.0676. The van der Waals surface area contributed by atoms with Gasteiger partial charge in [0.15, 0.2) is 5.76 Å². The number of hydrogen-bond acceptors (Lipinski definition) is 3. The van der Waals surface area contributed by atoms with Gasteiger partial charge in [0.1, 0.15) is 5.76 Å². The van der Waals surface area contributed by atoms with Crippen molar-refractivity contribution in [1.29, 1.82) is 0 Å². The lowest BCUT2D eigenvalue weighted by Crippen LogP contribution is -2.35. The Balaban J connectivity index is 1.78. The zero-order valence-electron chi connectivity index (χ0n) is 12.8. The Bertz CT molecular complexity index is 641. The fourth-order valence-electron chi connectivity index (χ4n) is 2.60. The second kappa shape index (κ2) is 6.36. The van der Waals surface area contributed by atoms with E-state index in [9.17, 15) is 4.79 Å². The molecule has 1 aliphatic rings. The number of nitrogens with zero attached hydrogens (tertiary/aromatic N) is 1. The minimum absolute atomic E-state index is 0.0196. The first-order valence-corrected chi connectivity index (χ1v) is 7.84. The number of amides is 1. The summed E-state index contributed by atoms with van der Waals surface area (Å²) < 4.78 is 5.74. The second-order valence-electron chi connectivity index (χ2n) is 5.67. The first kappa shape index (κ1) is 14.9. The first-order valence-electron chi connectivity index (χ1n) is 7.84. The zero-order chi connectivity index (χ0) is 15.5. The van der Waals surface area contributed by atoms with Crippen LogP contribution in [0, 0.1) is 0 Å². The molecular formula is C18H21NO3. The molecule has 1 aliphatic carbocycles. The quantitative estimate of drug-likeness (QED) is 0.891. The number of aliphatic hydroxyl groups excluding tert-OH is 1. The molecule has 22 heavy (non-hydrogen) atoms. The van der Waals surface area contributed by atoms with Crippen molar-refractivity contribution in [2.75, 3.05) is 13.2 Å². The molecule has 0 saturated heterocycles. The topological polar surface area (TPSA) is 53.7 Å². The summed E-state index contributed by atoms with van der Waals surface area (Å²) >= 11 is 0. The zero-order valence-corrected chi connectivity index (χ0v) is 12.8. The van der Waals surface area contributed by atoms with Crippen LogP contribution >= 0.6 is 0 Å². The van der Waals surface area contributed by atoms with Crippen molar-refractivity contribution in [3.63, 3.8) is 0 Å².